The van der Waals surface area contributed by atoms with Gasteiger partial charge in [-0.25, -0.2) is 4.39 Å². The zero-order chi connectivity index (χ0) is 15.3. The third-order valence-electron chi connectivity index (χ3n) is 2.91. The second kappa shape index (κ2) is 6.50. The SMILES string of the molecule is CC(C)CNC(=O)C(C)(C)C(=O)Nc1ccc(F)cc1. The van der Waals surface area contributed by atoms with Gasteiger partial charge >= 0.3 is 0 Å². The summed E-state index contributed by atoms with van der Waals surface area (Å²) in [5.41, 5.74) is -0.732. The zero-order valence-electron chi connectivity index (χ0n) is 12.3. The summed E-state index contributed by atoms with van der Waals surface area (Å²) in [6, 6.07) is 5.41. The summed E-state index contributed by atoms with van der Waals surface area (Å²) in [6.07, 6.45) is 0. The predicted octanol–water partition coefficient (Wildman–Crippen LogP) is 2.56. The highest BCUT2D eigenvalue weighted by Gasteiger charge is 2.35. The largest absolute Gasteiger partial charge is 0.355 e. The van der Waals surface area contributed by atoms with Gasteiger partial charge in [0.05, 0.1) is 0 Å². The molecule has 0 unspecified atom stereocenters. The third kappa shape index (κ3) is 4.33. The van der Waals surface area contributed by atoms with Gasteiger partial charge in [-0.1, -0.05) is 13.8 Å². The fourth-order valence-corrected chi connectivity index (χ4v) is 1.44. The van der Waals surface area contributed by atoms with Gasteiger partial charge in [0.15, 0.2) is 0 Å². The molecule has 5 heteroatoms. The van der Waals surface area contributed by atoms with E-state index in [1.54, 1.807) is 13.8 Å². The molecule has 2 N–H and O–H groups in total. The van der Waals surface area contributed by atoms with Gasteiger partial charge in [0.2, 0.25) is 11.8 Å². The number of nitrogens with one attached hydrogen (secondary N) is 2. The lowest BCUT2D eigenvalue weighted by Gasteiger charge is -2.23. The minimum atomic E-state index is -1.19. The minimum Gasteiger partial charge on any atom is -0.355 e. The molecular weight excluding hydrogens is 259 g/mol. The molecule has 1 rings (SSSR count). The molecule has 0 spiro atoms. The lowest BCUT2D eigenvalue weighted by atomic mass is 9.90. The number of hydrogen-bond donors (Lipinski definition) is 2. The third-order valence-corrected chi connectivity index (χ3v) is 2.91. The van der Waals surface area contributed by atoms with Crippen molar-refractivity contribution in [3.63, 3.8) is 0 Å². The Morgan fingerprint density at radius 3 is 2.20 bits per heavy atom. The Labute approximate surface area is 118 Å². The van der Waals surface area contributed by atoms with Crippen molar-refractivity contribution in [2.75, 3.05) is 11.9 Å². The first-order valence-corrected chi connectivity index (χ1v) is 6.59. The Morgan fingerprint density at radius 2 is 1.70 bits per heavy atom. The van der Waals surface area contributed by atoms with E-state index in [4.69, 9.17) is 0 Å². The number of anilines is 1. The Kier molecular flexibility index (Phi) is 5.25. The molecule has 0 aromatic heterocycles. The summed E-state index contributed by atoms with van der Waals surface area (Å²) in [7, 11) is 0. The molecule has 4 nitrogen and oxygen atoms in total. The van der Waals surface area contributed by atoms with Crippen LogP contribution in [0.2, 0.25) is 0 Å². The van der Waals surface area contributed by atoms with Gasteiger partial charge in [-0.15, -0.1) is 0 Å². The van der Waals surface area contributed by atoms with E-state index in [1.165, 1.54) is 24.3 Å². The van der Waals surface area contributed by atoms with Crippen LogP contribution in [0.3, 0.4) is 0 Å². The van der Waals surface area contributed by atoms with Crippen molar-refractivity contribution >= 4 is 17.5 Å². The minimum absolute atomic E-state index is 0.315. The molecule has 0 bridgehead atoms. The van der Waals surface area contributed by atoms with Crippen molar-refractivity contribution in [2.45, 2.75) is 27.7 Å². The highest BCUT2D eigenvalue weighted by Crippen LogP contribution is 2.19. The van der Waals surface area contributed by atoms with Gasteiger partial charge in [-0.2, -0.15) is 0 Å². The molecule has 0 radical (unpaired) electrons. The van der Waals surface area contributed by atoms with E-state index >= 15 is 0 Å². The highest BCUT2D eigenvalue weighted by molar-refractivity contribution is 6.09. The van der Waals surface area contributed by atoms with Crippen LogP contribution in [0.5, 0.6) is 0 Å². The maximum absolute atomic E-state index is 12.8. The number of amides is 2. The van der Waals surface area contributed by atoms with Gasteiger partial charge in [0.1, 0.15) is 11.2 Å². The molecule has 0 saturated carbocycles. The fraction of sp³-hybridized carbons (Fsp3) is 0.467. The summed E-state index contributed by atoms with van der Waals surface area (Å²) in [5, 5.41) is 5.35. The topological polar surface area (TPSA) is 58.2 Å². The van der Waals surface area contributed by atoms with Gasteiger partial charge in [0, 0.05) is 12.2 Å². The number of carbonyl (C=O) groups is 2. The van der Waals surface area contributed by atoms with Crippen LogP contribution in [0, 0.1) is 17.2 Å². The molecule has 0 fully saturated rings. The maximum atomic E-state index is 12.8. The van der Waals surface area contributed by atoms with E-state index < -0.39 is 11.3 Å². The van der Waals surface area contributed by atoms with Gasteiger partial charge < -0.3 is 10.6 Å². The lowest BCUT2D eigenvalue weighted by molar-refractivity contribution is -0.138. The highest BCUT2D eigenvalue weighted by atomic mass is 19.1. The molecule has 1 aromatic carbocycles. The van der Waals surface area contributed by atoms with Gasteiger partial charge in [-0.3, -0.25) is 9.59 Å². The molecule has 1 aromatic rings. The van der Waals surface area contributed by atoms with Crippen LogP contribution in [-0.4, -0.2) is 18.4 Å². The molecule has 0 aliphatic rings. The lowest BCUT2D eigenvalue weighted by Crippen LogP contribution is -2.46. The van der Waals surface area contributed by atoms with Crippen LogP contribution in [-0.2, 0) is 9.59 Å². The number of halogens is 1. The molecule has 110 valence electrons. The van der Waals surface area contributed by atoms with Crippen molar-refractivity contribution in [2.24, 2.45) is 11.3 Å². The van der Waals surface area contributed by atoms with Crippen LogP contribution in [0.25, 0.3) is 0 Å². The molecule has 0 atom stereocenters. The van der Waals surface area contributed by atoms with Crippen LogP contribution in [0.15, 0.2) is 24.3 Å². The van der Waals surface area contributed by atoms with Crippen LogP contribution >= 0.6 is 0 Å². The molecular formula is C15H21FN2O2. The Bertz CT molecular complexity index is 481. The predicted molar refractivity (Wildman–Crippen MR) is 76.7 cm³/mol. The number of hydrogen-bond acceptors (Lipinski definition) is 2. The molecule has 20 heavy (non-hydrogen) atoms. The second-order valence-corrected chi connectivity index (χ2v) is 5.69. The van der Waals surface area contributed by atoms with Crippen molar-refractivity contribution in [1.29, 1.82) is 0 Å². The smallest absolute Gasteiger partial charge is 0.239 e. The standard InChI is InChI=1S/C15H21FN2O2/c1-10(2)9-17-13(19)15(3,4)14(20)18-12-7-5-11(16)6-8-12/h5-8,10H,9H2,1-4H3,(H,17,19)(H,18,20). The van der Waals surface area contributed by atoms with E-state index in [0.29, 0.717) is 18.2 Å². The quantitative estimate of drug-likeness (QED) is 0.814. The molecule has 0 aliphatic heterocycles. The summed E-state index contributed by atoms with van der Waals surface area (Å²) >= 11 is 0. The monoisotopic (exact) mass is 280 g/mol. The molecule has 0 heterocycles. The van der Waals surface area contributed by atoms with Crippen LogP contribution in [0.1, 0.15) is 27.7 Å². The van der Waals surface area contributed by atoms with Crippen molar-refractivity contribution in [3.05, 3.63) is 30.1 Å². The Hall–Kier alpha value is -1.91. The van der Waals surface area contributed by atoms with E-state index in [2.05, 4.69) is 10.6 Å². The summed E-state index contributed by atoms with van der Waals surface area (Å²) in [6.45, 7) is 7.59. The number of benzene rings is 1. The first kappa shape index (κ1) is 16.1. The first-order chi connectivity index (χ1) is 9.23. The summed E-state index contributed by atoms with van der Waals surface area (Å²) in [5.74, 6) is -0.817. The van der Waals surface area contributed by atoms with Gasteiger partial charge in [0.25, 0.3) is 0 Å². The average molecular weight is 280 g/mol. The summed E-state index contributed by atoms with van der Waals surface area (Å²) < 4.78 is 12.8. The number of carbonyl (C=O) groups excluding carboxylic acids is 2. The number of rotatable bonds is 5. The zero-order valence-corrected chi connectivity index (χ0v) is 12.3. The molecule has 0 aliphatic carbocycles. The van der Waals surface area contributed by atoms with E-state index in [-0.39, 0.29) is 11.7 Å². The fourth-order valence-electron chi connectivity index (χ4n) is 1.44. The van der Waals surface area contributed by atoms with Crippen molar-refractivity contribution < 1.29 is 14.0 Å². The summed E-state index contributed by atoms with van der Waals surface area (Å²) in [4.78, 5) is 24.2. The van der Waals surface area contributed by atoms with Gasteiger partial charge in [-0.05, 0) is 44.0 Å². The normalized spacial score (nSPS) is 11.3. The van der Waals surface area contributed by atoms with E-state index in [9.17, 15) is 14.0 Å². The van der Waals surface area contributed by atoms with Crippen molar-refractivity contribution in [1.82, 2.24) is 5.32 Å². The Morgan fingerprint density at radius 1 is 1.15 bits per heavy atom. The van der Waals surface area contributed by atoms with Crippen LogP contribution in [0.4, 0.5) is 10.1 Å². The first-order valence-electron chi connectivity index (χ1n) is 6.59. The molecule has 2 amide bonds. The average Bonchev–Trinajstić information content (AvgIpc) is 2.38. The van der Waals surface area contributed by atoms with E-state index in [1.807, 2.05) is 13.8 Å². The van der Waals surface area contributed by atoms with Crippen LogP contribution < -0.4 is 10.6 Å². The Balaban J connectivity index is 2.68. The molecule has 0 saturated heterocycles. The van der Waals surface area contributed by atoms with Crippen molar-refractivity contribution in [3.8, 4) is 0 Å². The van der Waals surface area contributed by atoms with E-state index in [0.717, 1.165) is 0 Å². The second-order valence-electron chi connectivity index (χ2n) is 5.69. The maximum Gasteiger partial charge on any atom is 0.239 e.